The first-order valence-electron chi connectivity index (χ1n) is 3.52. The van der Waals surface area contributed by atoms with Crippen LogP contribution in [0.2, 0.25) is 0 Å². The Bertz CT molecular complexity index is 201. The first-order chi connectivity index (χ1) is 5.24. The highest BCUT2D eigenvalue weighted by Gasteiger charge is 1.98. The van der Waals surface area contributed by atoms with E-state index in [0.717, 1.165) is 0 Å². The summed E-state index contributed by atoms with van der Waals surface area (Å²) in [6.45, 7) is 3.88. The van der Waals surface area contributed by atoms with Crippen molar-refractivity contribution in [1.82, 2.24) is 0 Å². The number of hydrogen-bond donors (Lipinski definition) is 0. The molecule has 0 unspecified atom stereocenters. The number of allylic oxidation sites excluding steroid dienone is 1. The normalized spacial score (nSPS) is 10.5. The van der Waals surface area contributed by atoms with Crippen LogP contribution in [0.4, 0.5) is 0 Å². The van der Waals surface area contributed by atoms with Crippen LogP contribution in [0.25, 0.3) is 0 Å². The lowest BCUT2D eigenvalue weighted by Gasteiger charge is -1.95. The van der Waals surface area contributed by atoms with E-state index in [1.165, 1.54) is 6.08 Å². The lowest BCUT2D eigenvalue weighted by Crippen LogP contribution is -2.00. The van der Waals surface area contributed by atoms with Crippen LogP contribution in [0.3, 0.4) is 0 Å². The largest absolute Gasteiger partial charge is 0.463 e. The van der Waals surface area contributed by atoms with Crippen LogP contribution in [-0.2, 0) is 9.53 Å². The summed E-state index contributed by atoms with van der Waals surface area (Å²) in [4.78, 5) is 10.7. The Hall–Kier alpha value is -1.30. The Morgan fingerprint density at radius 3 is 2.64 bits per heavy atom. The van der Waals surface area contributed by atoms with Gasteiger partial charge in [0, 0.05) is 11.6 Å². The predicted octanol–water partition coefficient (Wildman–Crippen LogP) is 1.41. The van der Waals surface area contributed by atoms with Crippen LogP contribution in [-0.4, -0.2) is 12.6 Å². The van der Waals surface area contributed by atoms with Crippen molar-refractivity contribution in [2.24, 2.45) is 0 Å². The van der Waals surface area contributed by atoms with Gasteiger partial charge < -0.3 is 4.74 Å². The van der Waals surface area contributed by atoms with E-state index in [1.54, 1.807) is 6.92 Å². The fraction of sp³-hybridized carbons (Fsp3) is 0.500. The molecule has 0 rings (SSSR count). The second kappa shape index (κ2) is 5.48. The molecule has 3 nitrogen and oxygen atoms in total. The van der Waals surface area contributed by atoms with Gasteiger partial charge in [0.05, 0.1) is 12.7 Å². The highest BCUT2D eigenvalue weighted by atomic mass is 16.5. The maximum atomic E-state index is 10.7. The van der Waals surface area contributed by atoms with Gasteiger partial charge >= 0.3 is 5.97 Å². The molecule has 0 N–H and O–H groups in total. The lowest BCUT2D eigenvalue weighted by atomic mass is 10.2. The monoisotopic (exact) mass is 153 g/mol. The Balaban J connectivity index is 4.07. The molecule has 0 amide bonds. The number of carbonyl (C=O) groups excluding carboxylic acids is 1. The summed E-state index contributed by atoms with van der Waals surface area (Å²) in [5, 5.41) is 8.42. The summed E-state index contributed by atoms with van der Waals surface area (Å²) < 4.78 is 4.61. The van der Waals surface area contributed by atoms with Gasteiger partial charge in [-0.05, 0) is 13.3 Å². The smallest absolute Gasteiger partial charge is 0.331 e. The Morgan fingerprint density at radius 2 is 2.27 bits per heavy atom. The molecule has 0 aliphatic rings. The van der Waals surface area contributed by atoms with E-state index in [2.05, 4.69) is 4.74 Å². The van der Waals surface area contributed by atoms with Crippen molar-refractivity contribution >= 4 is 5.97 Å². The first-order valence-corrected chi connectivity index (χ1v) is 3.52. The molecule has 0 radical (unpaired) electrons. The van der Waals surface area contributed by atoms with Crippen LogP contribution in [0.1, 0.15) is 20.3 Å². The molecule has 0 spiro atoms. The third-order valence-electron chi connectivity index (χ3n) is 1.10. The SMILES string of the molecule is CCOC(=O)/C=C(\C#N)CC. The van der Waals surface area contributed by atoms with Crippen LogP contribution < -0.4 is 0 Å². The molecule has 0 aliphatic heterocycles. The van der Waals surface area contributed by atoms with Crippen LogP contribution in [0.5, 0.6) is 0 Å². The zero-order chi connectivity index (χ0) is 8.69. The third kappa shape index (κ3) is 4.15. The maximum Gasteiger partial charge on any atom is 0.331 e. The van der Waals surface area contributed by atoms with Gasteiger partial charge in [0.25, 0.3) is 0 Å². The summed E-state index contributed by atoms with van der Waals surface area (Å²) >= 11 is 0. The quantitative estimate of drug-likeness (QED) is 0.350. The fourth-order valence-electron chi connectivity index (χ4n) is 0.540. The van der Waals surface area contributed by atoms with Gasteiger partial charge in [-0.15, -0.1) is 0 Å². The molecule has 0 aliphatic carbocycles. The van der Waals surface area contributed by atoms with E-state index in [0.29, 0.717) is 18.6 Å². The summed E-state index contributed by atoms with van der Waals surface area (Å²) in [5.41, 5.74) is 0.448. The number of ether oxygens (including phenoxy) is 1. The minimum atomic E-state index is -0.439. The fourth-order valence-corrected chi connectivity index (χ4v) is 0.540. The highest BCUT2D eigenvalue weighted by Crippen LogP contribution is 1.97. The second-order valence-corrected chi connectivity index (χ2v) is 1.89. The minimum Gasteiger partial charge on any atom is -0.463 e. The molecule has 0 atom stereocenters. The van der Waals surface area contributed by atoms with E-state index in [9.17, 15) is 4.79 Å². The molecular formula is C8H11NO2. The number of rotatable bonds is 3. The van der Waals surface area contributed by atoms with Crippen molar-refractivity contribution in [3.63, 3.8) is 0 Å². The molecule has 0 saturated carbocycles. The number of nitriles is 1. The molecule has 0 aromatic rings. The third-order valence-corrected chi connectivity index (χ3v) is 1.10. The standard InChI is InChI=1S/C8H11NO2/c1-3-7(6-9)5-8(10)11-4-2/h5H,3-4H2,1-2H3/b7-5-. The number of hydrogen-bond acceptors (Lipinski definition) is 3. The van der Waals surface area contributed by atoms with E-state index in [4.69, 9.17) is 5.26 Å². The first kappa shape index (κ1) is 9.70. The van der Waals surface area contributed by atoms with Crippen molar-refractivity contribution < 1.29 is 9.53 Å². The molecule has 3 heteroatoms. The molecule has 0 aromatic carbocycles. The van der Waals surface area contributed by atoms with Gasteiger partial charge in [0.2, 0.25) is 0 Å². The lowest BCUT2D eigenvalue weighted by molar-refractivity contribution is -0.137. The predicted molar refractivity (Wildman–Crippen MR) is 40.6 cm³/mol. The van der Waals surface area contributed by atoms with Gasteiger partial charge in [-0.3, -0.25) is 0 Å². The second-order valence-electron chi connectivity index (χ2n) is 1.89. The van der Waals surface area contributed by atoms with Gasteiger partial charge in [-0.25, -0.2) is 4.79 Å². The van der Waals surface area contributed by atoms with Gasteiger partial charge in [-0.1, -0.05) is 6.92 Å². The minimum absolute atomic E-state index is 0.345. The molecular weight excluding hydrogens is 142 g/mol. The molecule has 60 valence electrons. The van der Waals surface area contributed by atoms with Crippen molar-refractivity contribution in [3.05, 3.63) is 11.6 Å². The number of esters is 1. The molecule has 11 heavy (non-hydrogen) atoms. The summed E-state index contributed by atoms with van der Waals surface area (Å²) in [6, 6.07) is 1.90. The molecule has 0 bridgehead atoms. The molecule has 0 aromatic heterocycles. The average molecular weight is 153 g/mol. The van der Waals surface area contributed by atoms with Crippen LogP contribution in [0.15, 0.2) is 11.6 Å². The Morgan fingerprint density at radius 1 is 1.64 bits per heavy atom. The summed E-state index contributed by atoms with van der Waals surface area (Å²) in [7, 11) is 0. The van der Waals surface area contributed by atoms with E-state index >= 15 is 0 Å². The van der Waals surface area contributed by atoms with Crippen molar-refractivity contribution in [3.8, 4) is 6.07 Å². The summed E-state index contributed by atoms with van der Waals surface area (Å²) in [6.07, 6.45) is 1.79. The number of carbonyl (C=O) groups is 1. The topological polar surface area (TPSA) is 50.1 Å². The number of nitrogens with zero attached hydrogens (tertiary/aromatic N) is 1. The molecule has 0 fully saturated rings. The zero-order valence-corrected chi connectivity index (χ0v) is 6.76. The van der Waals surface area contributed by atoms with Gasteiger partial charge in [0.1, 0.15) is 0 Å². The summed E-state index contributed by atoms with van der Waals surface area (Å²) in [5.74, 6) is -0.439. The van der Waals surface area contributed by atoms with Gasteiger partial charge in [0.15, 0.2) is 0 Å². The van der Waals surface area contributed by atoms with E-state index in [1.807, 2.05) is 13.0 Å². The van der Waals surface area contributed by atoms with E-state index in [-0.39, 0.29) is 0 Å². The Kier molecular flexibility index (Phi) is 4.83. The average Bonchev–Trinajstić information content (AvgIpc) is 2.01. The van der Waals surface area contributed by atoms with Crippen molar-refractivity contribution in [2.75, 3.05) is 6.61 Å². The molecule has 0 saturated heterocycles. The van der Waals surface area contributed by atoms with Crippen molar-refractivity contribution in [2.45, 2.75) is 20.3 Å². The zero-order valence-electron chi connectivity index (χ0n) is 6.76. The van der Waals surface area contributed by atoms with Crippen LogP contribution >= 0.6 is 0 Å². The van der Waals surface area contributed by atoms with Crippen molar-refractivity contribution in [1.29, 1.82) is 5.26 Å². The van der Waals surface area contributed by atoms with E-state index < -0.39 is 5.97 Å². The Labute approximate surface area is 66.3 Å². The highest BCUT2D eigenvalue weighted by molar-refractivity contribution is 5.83. The van der Waals surface area contributed by atoms with Gasteiger partial charge in [-0.2, -0.15) is 5.26 Å². The molecule has 0 heterocycles. The maximum absolute atomic E-state index is 10.7. The van der Waals surface area contributed by atoms with Crippen LogP contribution in [0, 0.1) is 11.3 Å².